The minimum absolute atomic E-state index is 0.0237. The van der Waals surface area contributed by atoms with Crippen LogP contribution in [0, 0.1) is 0 Å². The predicted octanol–water partition coefficient (Wildman–Crippen LogP) is 8.79. The molecule has 8 nitrogen and oxygen atoms in total. The summed E-state index contributed by atoms with van der Waals surface area (Å²) >= 11 is 13.5. The Bertz CT molecular complexity index is 1930. The van der Waals surface area contributed by atoms with E-state index in [4.69, 9.17) is 32.4 Å². The van der Waals surface area contributed by atoms with Crippen molar-refractivity contribution in [3.05, 3.63) is 136 Å². The first-order valence-corrected chi connectivity index (χ1v) is 16.0. The Labute approximate surface area is 286 Å². The van der Waals surface area contributed by atoms with E-state index in [9.17, 15) is 14.4 Å². The number of hydrogen-bond donors (Lipinski definition) is 3. The molecule has 4 aromatic carbocycles. The number of methoxy groups -OCH3 is 1. The van der Waals surface area contributed by atoms with Gasteiger partial charge in [0.15, 0.2) is 0 Å². The largest absolute Gasteiger partial charge is 0.496 e. The van der Waals surface area contributed by atoms with Crippen molar-refractivity contribution >= 4 is 70.1 Å². The van der Waals surface area contributed by atoms with Crippen molar-refractivity contribution in [3.63, 3.8) is 0 Å². The summed E-state index contributed by atoms with van der Waals surface area (Å²) in [6.07, 6.45) is 1.46. The number of anilines is 2. The number of carbonyl (C=O) groups is 3. The Hall–Kier alpha value is -4.96. The molecule has 0 fully saturated rings. The number of thioether (sulfide) groups is 1. The van der Waals surface area contributed by atoms with Crippen LogP contribution in [0.5, 0.6) is 5.75 Å². The van der Waals surface area contributed by atoms with Crippen LogP contribution in [0.1, 0.15) is 23.0 Å². The van der Waals surface area contributed by atoms with Crippen molar-refractivity contribution in [3.8, 4) is 17.1 Å². The lowest BCUT2D eigenvalue weighted by atomic mass is 10.1. The number of benzene rings is 4. The Kier molecular flexibility index (Phi) is 11.1. The molecule has 238 valence electrons. The third kappa shape index (κ3) is 8.86. The van der Waals surface area contributed by atoms with Gasteiger partial charge < -0.3 is 25.1 Å². The summed E-state index contributed by atoms with van der Waals surface area (Å²) in [5.41, 5.74) is 2.06. The Morgan fingerprint density at radius 1 is 0.851 bits per heavy atom. The quantitative estimate of drug-likeness (QED) is 0.0947. The standard InChI is InChI=1S/C36H29Cl2N3O5S/c1-22(34(42)40-30-18-12-24(37)20-29(30)38)47-27-16-13-25(14-17-27)39-36(44)31(41-35(43)23-8-4-3-5-9-23)21-26-15-19-33(46-26)28-10-6-7-11-32(28)45-2/h3-22H,1-2H3,(H,39,44)(H,40,42)(H,41,43). The molecule has 3 N–H and O–H groups in total. The predicted molar refractivity (Wildman–Crippen MR) is 188 cm³/mol. The molecule has 1 heterocycles. The van der Waals surface area contributed by atoms with Gasteiger partial charge in [-0.25, -0.2) is 0 Å². The topological polar surface area (TPSA) is 110 Å². The third-order valence-corrected chi connectivity index (χ3v) is 8.46. The molecule has 5 rings (SSSR count). The molecule has 1 unspecified atom stereocenters. The van der Waals surface area contributed by atoms with Crippen LogP contribution < -0.4 is 20.7 Å². The van der Waals surface area contributed by atoms with E-state index in [1.54, 1.807) is 99.0 Å². The van der Waals surface area contributed by atoms with Crippen molar-refractivity contribution in [1.29, 1.82) is 0 Å². The number of hydrogen-bond acceptors (Lipinski definition) is 6. The normalized spacial score (nSPS) is 11.8. The molecule has 0 spiro atoms. The van der Waals surface area contributed by atoms with Gasteiger partial charge in [-0.3, -0.25) is 14.4 Å². The molecule has 0 aliphatic rings. The fourth-order valence-electron chi connectivity index (χ4n) is 4.41. The van der Waals surface area contributed by atoms with Gasteiger partial charge in [0, 0.05) is 27.2 Å². The van der Waals surface area contributed by atoms with Crippen LogP contribution in [-0.4, -0.2) is 30.1 Å². The number of amides is 3. The SMILES string of the molecule is COc1ccccc1-c1ccc(C=C(NC(=O)c2ccccc2)C(=O)Nc2ccc(SC(C)C(=O)Nc3ccc(Cl)cc3Cl)cc2)o1. The smallest absolute Gasteiger partial charge is 0.272 e. The molecule has 5 aromatic rings. The molecule has 0 aliphatic carbocycles. The summed E-state index contributed by atoms with van der Waals surface area (Å²) < 4.78 is 11.5. The lowest BCUT2D eigenvalue weighted by Gasteiger charge is -2.14. The molecular weight excluding hydrogens is 657 g/mol. The van der Waals surface area contributed by atoms with Crippen LogP contribution in [0.25, 0.3) is 17.4 Å². The molecule has 11 heteroatoms. The molecule has 0 radical (unpaired) electrons. The molecule has 1 aromatic heterocycles. The van der Waals surface area contributed by atoms with E-state index in [1.807, 2.05) is 24.3 Å². The van der Waals surface area contributed by atoms with E-state index in [0.717, 1.165) is 10.5 Å². The van der Waals surface area contributed by atoms with Crippen LogP contribution in [0.3, 0.4) is 0 Å². The minimum Gasteiger partial charge on any atom is -0.496 e. The molecule has 0 aliphatic heterocycles. The van der Waals surface area contributed by atoms with Crippen LogP contribution >= 0.6 is 35.0 Å². The molecule has 1 atom stereocenters. The van der Waals surface area contributed by atoms with Gasteiger partial charge in [0.1, 0.15) is 23.0 Å². The summed E-state index contributed by atoms with van der Waals surface area (Å²) in [7, 11) is 1.58. The first kappa shape index (κ1) is 33.4. The Morgan fingerprint density at radius 3 is 2.30 bits per heavy atom. The lowest BCUT2D eigenvalue weighted by molar-refractivity contribution is -0.115. The molecule has 47 heavy (non-hydrogen) atoms. The van der Waals surface area contributed by atoms with E-state index in [0.29, 0.717) is 44.3 Å². The second kappa shape index (κ2) is 15.6. The highest BCUT2D eigenvalue weighted by Crippen LogP contribution is 2.32. The van der Waals surface area contributed by atoms with Gasteiger partial charge in [-0.2, -0.15) is 0 Å². The zero-order valence-corrected chi connectivity index (χ0v) is 27.6. The molecular formula is C36H29Cl2N3O5S. The van der Waals surface area contributed by atoms with Crippen molar-refractivity contribution in [2.45, 2.75) is 17.1 Å². The minimum atomic E-state index is -0.558. The number of halogens is 2. The zero-order chi connectivity index (χ0) is 33.3. The molecule has 0 saturated carbocycles. The number of furan rings is 1. The first-order valence-electron chi connectivity index (χ1n) is 14.4. The highest BCUT2D eigenvalue weighted by molar-refractivity contribution is 8.00. The maximum atomic E-state index is 13.5. The van der Waals surface area contributed by atoms with Crippen LogP contribution in [0.2, 0.25) is 10.0 Å². The third-order valence-electron chi connectivity index (χ3n) is 6.80. The monoisotopic (exact) mass is 685 g/mol. The Morgan fingerprint density at radius 2 is 1.57 bits per heavy atom. The van der Waals surface area contributed by atoms with Crippen LogP contribution in [-0.2, 0) is 9.59 Å². The average molecular weight is 687 g/mol. The van der Waals surface area contributed by atoms with E-state index in [2.05, 4.69) is 16.0 Å². The number of rotatable bonds is 11. The van der Waals surface area contributed by atoms with Gasteiger partial charge in [-0.1, -0.05) is 53.5 Å². The van der Waals surface area contributed by atoms with Crippen molar-refractivity contribution in [2.75, 3.05) is 17.7 Å². The fourth-order valence-corrected chi connectivity index (χ4v) is 5.73. The summed E-state index contributed by atoms with van der Waals surface area (Å²) in [5.74, 6) is 0.279. The van der Waals surface area contributed by atoms with Gasteiger partial charge in [0.2, 0.25) is 5.91 Å². The van der Waals surface area contributed by atoms with E-state index >= 15 is 0 Å². The second-order valence-electron chi connectivity index (χ2n) is 10.1. The van der Waals surface area contributed by atoms with E-state index in [-0.39, 0.29) is 11.6 Å². The molecule has 0 bridgehead atoms. The maximum Gasteiger partial charge on any atom is 0.272 e. The van der Waals surface area contributed by atoms with Gasteiger partial charge in [0.25, 0.3) is 11.8 Å². The molecule has 3 amide bonds. The highest BCUT2D eigenvalue weighted by Gasteiger charge is 2.19. The number of ether oxygens (including phenoxy) is 1. The van der Waals surface area contributed by atoms with E-state index < -0.39 is 17.1 Å². The maximum absolute atomic E-state index is 13.5. The fraction of sp³-hybridized carbons (Fsp3) is 0.0833. The first-order chi connectivity index (χ1) is 22.7. The van der Waals surface area contributed by atoms with Crippen LogP contribution in [0.4, 0.5) is 11.4 Å². The van der Waals surface area contributed by atoms with Gasteiger partial charge in [-0.05, 0) is 85.8 Å². The van der Waals surface area contributed by atoms with Crippen molar-refractivity contribution < 1.29 is 23.5 Å². The van der Waals surface area contributed by atoms with Crippen molar-refractivity contribution in [1.82, 2.24) is 5.32 Å². The summed E-state index contributed by atoms with van der Waals surface area (Å²) in [6, 6.07) is 31.3. The number of carbonyl (C=O) groups excluding carboxylic acids is 3. The second-order valence-corrected chi connectivity index (χ2v) is 12.4. The molecule has 0 saturated heterocycles. The van der Waals surface area contributed by atoms with Gasteiger partial charge in [-0.15, -0.1) is 11.8 Å². The summed E-state index contributed by atoms with van der Waals surface area (Å²) in [4.78, 5) is 40.1. The van der Waals surface area contributed by atoms with Crippen LogP contribution in [0.15, 0.2) is 124 Å². The number of nitrogens with one attached hydrogen (secondary N) is 3. The lowest BCUT2D eigenvalue weighted by Crippen LogP contribution is -2.30. The average Bonchev–Trinajstić information content (AvgIpc) is 3.55. The van der Waals surface area contributed by atoms with E-state index in [1.165, 1.54) is 17.8 Å². The van der Waals surface area contributed by atoms with Crippen molar-refractivity contribution in [2.24, 2.45) is 0 Å². The van der Waals surface area contributed by atoms with Gasteiger partial charge >= 0.3 is 0 Å². The number of para-hydroxylation sites is 1. The van der Waals surface area contributed by atoms with Gasteiger partial charge in [0.05, 0.1) is 28.6 Å². The summed E-state index contributed by atoms with van der Waals surface area (Å²) in [6.45, 7) is 1.78. The zero-order valence-electron chi connectivity index (χ0n) is 25.3. The Balaban J connectivity index is 1.30. The highest BCUT2D eigenvalue weighted by atomic mass is 35.5. The summed E-state index contributed by atoms with van der Waals surface area (Å²) in [5, 5.41) is 8.72.